The number of esters is 2. The van der Waals surface area contributed by atoms with Gasteiger partial charge >= 0.3 is 11.9 Å². The van der Waals surface area contributed by atoms with E-state index in [1.54, 1.807) is 58.0 Å². The van der Waals surface area contributed by atoms with Crippen LogP contribution in [0.1, 0.15) is 57.8 Å². The van der Waals surface area contributed by atoms with Crippen LogP contribution in [-0.4, -0.2) is 91.9 Å². The second kappa shape index (κ2) is 9.09. The van der Waals surface area contributed by atoms with Gasteiger partial charge in [0.05, 0.1) is 36.4 Å². The summed E-state index contributed by atoms with van der Waals surface area (Å²) < 4.78 is 17.8. The maximum Gasteiger partial charge on any atom is 0.338 e. The lowest BCUT2D eigenvalue weighted by Gasteiger charge is -2.69. The molecule has 1 aromatic carbocycles. The van der Waals surface area contributed by atoms with Gasteiger partial charge in [-0.1, -0.05) is 39.0 Å². The number of rotatable bonds is 3. The summed E-state index contributed by atoms with van der Waals surface area (Å²) in [6.07, 6.45) is -8.38. The van der Waals surface area contributed by atoms with Crippen LogP contribution in [0.2, 0.25) is 0 Å². The molecule has 10 atom stereocenters. The Kier molecular flexibility index (Phi) is 6.57. The SMILES string of the molecule is CC(=O)O[C@@]12CO[C@@H]1C[C@H](O)[C@]1(C)C2[C@H](OC(=O)c2ccccc2)[C@]2(O)C[C@H](O)C(C)=C([C@@H](O)[C@@H]1O)C2(C)C. The quantitative estimate of drug-likeness (QED) is 0.272. The number of carbonyl (C=O) groups excluding carboxylic acids is 2. The molecule has 1 unspecified atom stereocenters. The number of aliphatic hydroxyl groups is 5. The highest BCUT2D eigenvalue weighted by Gasteiger charge is 2.77. The summed E-state index contributed by atoms with van der Waals surface area (Å²) >= 11 is 0. The van der Waals surface area contributed by atoms with Crippen LogP contribution >= 0.6 is 0 Å². The predicted molar refractivity (Wildman–Crippen MR) is 136 cm³/mol. The topological polar surface area (TPSA) is 163 Å². The van der Waals surface area contributed by atoms with Crippen LogP contribution in [0, 0.1) is 16.7 Å². The lowest BCUT2D eigenvalue weighted by molar-refractivity contribution is -0.365. The Balaban J connectivity index is 1.80. The molecule has 0 amide bonds. The molecule has 0 spiro atoms. The minimum absolute atomic E-state index is 0.0219. The highest BCUT2D eigenvalue weighted by atomic mass is 16.6. The van der Waals surface area contributed by atoms with Crippen LogP contribution < -0.4 is 0 Å². The van der Waals surface area contributed by atoms with Gasteiger partial charge in [-0.25, -0.2) is 4.79 Å². The van der Waals surface area contributed by atoms with Gasteiger partial charge in [-0.2, -0.15) is 0 Å². The smallest absolute Gasteiger partial charge is 0.338 e. The summed E-state index contributed by atoms with van der Waals surface area (Å²) in [7, 11) is 0. The zero-order valence-electron chi connectivity index (χ0n) is 22.8. The fourth-order valence-electron chi connectivity index (χ4n) is 7.88. The Labute approximate surface area is 227 Å². The van der Waals surface area contributed by atoms with Crippen molar-refractivity contribution in [2.75, 3.05) is 6.61 Å². The van der Waals surface area contributed by atoms with Crippen molar-refractivity contribution >= 4 is 11.9 Å². The maximum atomic E-state index is 13.6. The third-order valence-electron chi connectivity index (χ3n) is 10.2. The van der Waals surface area contributed by atoms with Crippen molar-refractivity contribution in [1.29, 1.82) is 0 Å². The Hall–Kier alpha value is -2.34. The van der Waals surface area contributed by atoms with E-state index in [1.807, 2.05) is 0 Å². The van der Waals surface area contributed by atoms with Crippen molar-refractivity contribution in [1.82, 2.24) is 0 Å². The molecule has 39 heavy (non-hydrogen) atoms. The Bertz CT molecular complexity index is 1200. The molecule has 3 aliphatic carbocycles. The van der Waals surface area contributed by atoms with Crippen molar-refractivity contribution < 1.29 is 49.3 Å². The second-order valence-electron chi connectivity index (χ2n) is 12.4. The molecule has 0 aromatic heterocycles. The van der Waals surface area contributed by atoms with Crippen molar-refractivity contribution in [2.45, 2.75) is 95.3 Å². The van der Waals surface area contributed by atoms with Gasteiger partial charge < -0.3 is 39.7 Å². The highest BCUT2D eigenvalue weighted by Crippen LogP contribution is 2.64. The number of fused-ring (bicyclic) bond motifs is 5. The summed E-state index contributed by atoms with van der Waals surface area (Å²) in [4.78, 5) is 26.0. The monoisotopic (exact) mass is 546 g/mol. The molecule has 10 nitrogen and oxygen atoms in total. The van der Waals surface area contributed by atoms with Crippen molar-refractivity contribution in [3.8, 4) is 0 Å². The molecule has 10 heteroatoms. The Morgan fingerprint density at radius 1 is 1.05 bits per heavy atom. The van der Waals surface area contributed by atoms with Crippen LogP contribution in [0.15, 0.2) is 41.5 Å². The van der Waals surface area contributed by atoms with Gasteiger partial charge in [0, 0.05) is 30.6 Å². The van der Waals surface area contributed by atoms with Gasteiger partial charge in [0.1, 0.15) is 23.9 Å². The van der Waals surface area contributed by atoms with E-state index in [-0.39, 0.29) is 30.6 Å². The third-order valence-corrected chi connectivity index (χ3v) is 10.2. The summed E-state index contributed by atoms with van der Waals surface area (Å²) in [6.45, 7) is 7.57. The first kappa shape index (κ1) is 28.2. The van der Waals surface area contributed by atoms with E-state index in [1.165, 1.54) is 6.92 Å². The van der Waals surface area contributed by atoms with Crippen LogP contribution in [0.5, 0.6) is 0 Å². The largest absolute Gasteiger partial charge is 0.455 e. The molecule has 5 N–H and O–H groups in total. The number of hydrogen-bond acceptors (Lipinski definition) is 10. The van der Waals surface area contributed by atoms with E-state index < -0.39 is 76.5 Å². The fraction of sp³-hybridized carbons (Fsp3) is 0.655. The molecular weight excluding hydrogens is 508 g/mol. The number of ether oxygens (including phenoxy) is 3. The average Bonchev–Trinajstić information content (AvgIpc) is 2.87. The molecule has 2 bridgehead atoms. The van der Waals surface area contributed by atoms with Crippen molar-refractivity contribution in [3.63, 3.8) is 0 Å². The molecule has 1 heterocycles. The van der Waals surface area contributed by atoms with Gasteiger partial charge in [-0.3, -0.25) is 4.79 Å². The predicted octanol–water partition coefficient (Wildman–Crippen LogP) is 0.874. The molecule has 4 aliphatic rings. The number of hydrogen-bond donors (Lipinski definition) is 5. The number of carbonyl (C=O) groups is 2. The van der Waals surface area contributed by atoms with Gasteiger partial charge in [0.15, 0.2) is 5.60 Å². The normalized spacial score (nSPS) is 44.6. The molecule has 2 saturated carbocycles. The van der Waals surface area contributed by atoms with Crippen LogP contribution in [0.3, 0.4) is 0 Å². The molecule has 1 saturated heterocycles. The van der Waals surface area contributed by atoms with Crippen molar-refractivity contribution in [2.24, 2.45) is 16.7 Å². The fourth-order valence-corrected chi connectivity index (χ4v) is 7.88. The Morgan fingerprint density at radius 2 is 1.69 bits per heavy atom. The first-order valence-electron chi connectivity index (χ1n) is 13.4. The molecule has 1 aliphatic heterocycles. The number of aliphatic hydroxyl groups excluding tert-OH is 4. The highest BCUT2D eigenvalue weighted by molar-refractivity contribution is 5.89. The molecule has 0 radical (unpaired) electrons. The zero-order chi connectivity index (χ0) is 28.7. The first-order valence-corrected chi connectivity index (χ1v) is 13.4. The van der Waals surface area contributed by atoms with Crippen LogP contribution in [0.25, 0.3) is 0 Å². The molecule has 214 valence electrons. The van der Waals surface area contributed by atoms with E-state index in [2.05, 4.69) is 0 Å². The van der Waals surface area contributed by atoms with Crippen molar-refractivity contribution in [3.05, 3.63) is 47.0 Å². The van der Waals surface area contributed by atoms with Gasteiger partial charge in [0.25, 0.3) is 0 Å². The maximum absolute atomic E-state index is 13.6. The van der Waals surface area contributed by atoms with Gasteiger partial charge in [-0.05, 0) is 30.2 Å². The first-order chi connectivity index (χ1) is 18.1. The van der Waals surface area contributed by atoms with Crippen LogP contribution in [0.4, 0.5) is 0 Å². The third kappa shape index (κ3) is 3.69. The van der Waals surface area contributed by atoms with Gasteiger partial charge in [0.2, 0.25) is 0 Å². The molecule has 1 aromatic rings. The minimum atomic E-state index is -2.02. The molecule has 5 rings (SSSR count). The van der Waals surface area contributed by atoms with E-state index in [4.69, 9.17) is 14.2 Å². The summed E-state index contributed by atoms with van der Waals surface area (Å²) in [5.41, 5.74) is -5.70. The molecular formula is C29H38O10. The van der Waals surface area contributed by atoms with E-state index in [9.17, 15) is 35.1 Å². The summed E-state index contributed by atoms with van der Waals surface area (Å²) in [5.74, 6) is -2.66. The Morgan fingerprint density at radius 3 is 2.26 bits per heavy atom. The van der Waals surface area contributed by atoms with Gasteiger partial charge in [-0.15, -0.1) is 0 Å². The standard InChI is InChI=1S/C29H38O10/c1-14-17(31)12-29(36)24(38-25(35)16-9-7-6-8-10-16)22-27(5,23(34)21(33)20(14)26(29,3)4)18(32)11-19-28(22,13-37-19)39-15(2)30/h6-10,17-19,21-24,31-34,36H,11-13H2,1-5H3/t17-,18-,19+,21+,22?,23-,24-,27+,28-,29+/m0/s1. The molecule has 3 fully saturated rings. The van der Waals surface area contributed by atoms with E-state index in [0.717, 1.165) is 0 Å². The lowest BCUT2D eigenvalue weighted by atomic mass is 9.44. The second-order valence-corrected chi connectivity index (χ2v) is 12.4. The summed E-state index contributed by atoms with van der Waals surface area (Å²) in [5, 5.41) is 58.8. The average molecular weight is 547 g/mol. The van der Waals surface area contributed by atoms with E-state index >= 15 is 0 Å². The lowest BCUT2D eigenvalue weighted by Crippen LogP contribution is -2.82. The van der Waals surface area contributed by atoms with E-state index in [0.29, 0.717) is 5.57 Å². The minimum Gasteiger partial charge on any atom is -0.455 e. The summed E-state index contributed by atoms with van der Waals surface area (Å²) in [6, 6.07) is 8.16. The zero-order valence-corrected chi connectivity index (χ0v) is 22.8. The number of benzene rings is 1. The van der Waals surface area contributed by atoms with Crippen LogP contribution in [-0.2, 0) is 19.0 Å².